The van der Waals surface area contributed by atoms with Gasteiger partial charge in [-0.25, -0.2) is 18.4 Å². The van der Waals surface area contributed by atoms with Crippen LogP contribution >= 0.6 is 11.6 Å². The second kappa shape index (κ2) is 7.80. The highest BCUT2D eigenvalue weighted by Gasteiger charge is 2.20. The van der Waals surface area contributed by atoms with Crippen LogP contribution < -0.4 is 5.14 Å². The van der Waals surface area contributed by atoms with Gasteiger partial charge in [0.25, 0.3) is 0 Å². The highest BCUT2D eigenvalue weighted by molar-refractivity contribution is 7.89. The van der Waals surface area contributed by atoms with Crippen LogP contribution in [0.5, 0.6) is 0 Å². The van der Waals surface area contributed by atoms with Crippen LogP contribution in [0, 0.1) is 27.7 Å². The van der Waals surface area contributed by atoms with Crippen molar-refractivity contribution in [2.75, 3.05) is 6.61 Å². The number of halogens is 1. The molecule has 0 unspecified atom stereocenters. The van der Waals surface area contributed by atoms with Crippen molar-refractivity contribution in [2.24, 2.45) is 5.14 Å². The lowest BCUT2D eigenvalue weighted by molar-refractivity contribution is 0.0474. The van der Waals surface area contributed by atoms with Crippen molar-refractivity contribution in [3.8, 4) is 0 Å². The zero-order valence-corrected chi connectivity index (χ0v) is 17.0. The van der Waals surface area contributed by atoms with Crippen LogP contribution in [0.4, 0.5) is 0 Å². The van der Waals surface area contributed by atoms with Gasteiger partial charge >= 0.3 is 5.97 Å². The number of Topliss-reactive ketones (excluding diaryl/α,β-unsaturated/α-hetero) is 1. The third-order valence-corrected chi connectivity index (χ3v) is 5.84. The number of aryl methyl sites for hydroxylation is 1. The molecule has 2 aromatic carbocycles. The van der Waals surface area contributed by atoms with Crippen molar-refractivity contribution in [3.63, 3.8) is 0 Å². The number of ether oxygens (including phenoxy) is 1. The molecule has 0 spiro atoms. The second-order valence-electron chi connectivity index (χ2n) is 6.30. The molecule has 27 heavy (non-hydrogen) atoms. The lowest BCUT2D eigenvalue weighted by Gasteiger charge is -2.14. The molecule has 6 nitrogen and oxygen atoms in total. The molecule has 0 saturated carbocycles. The molecule has 0 aliphatic rings. The fourth-order valence-corrected chi connectivity index (χ4v) is 3.36. The fraction of sp³-hybridized carbons (Fsp3) is 0.263. The maximum absolute atomic E-state index is 12.5. The third kappa shape index (κ3) is 4.55. The van der Waals surface area contributed by atoms with Gasteiger partial charge in [-0.2, -0.15) is 0 Å². The van der Waals surface area contributed by atoms with Gasteiger partial charge in [0.05, 0.1) is 15.5 Å². The number of hydrogen-bond acceptors (Lipinski definition) is 5. The van der Waals surface area contributed by atoms with Gasteiger partial charge in [0.2, 0.25) is 15.8 Å². The number of ketones is 1. The molecular formula is C19H20ClNO5S. The number of nitrogens with two attached hydrogens (primary N) is 1. The largest absolute Gasteiger partial charge is 0.454 e. The summed E-state index contributed by atoms with van der Waals surface area (Å²) in [5.74, 6) is -1.26. The molecule has 0 saturated heterocycles. The Balaban J connectivity index is 2.23. The first-order valence-electron chi connectivity index (χ1n) is 8.03. The summed E-state index contributed by atoms with van der Waals surface area (Å²) in [7, 11) is -4.00. The predicted octanol–water partition coefficient (Wildman–Crippen LogP) is 3.26. The number of rotatable bonds is 5. The minimum absolute atomic E-state index is 0.00180. The molecular weight excluding hydrogens is 390 g/mol. The predicted molar refractivity (Wildman–Crippen MR) is 103 cm³/mol. The average Bonchev–Trinajstić information content (AvgIpc) is 2.60. The van der Waals surface area contributed by atoms with Crippen LogP contribution in [0.1, 0.15) is 43.0 Å². The van der Waals surface area contributed by atoms with Crippen molar-refractivity contribution >= 4 is 33.4 Å². The van der Waals surface area contributed by atoms with E-state index in [0.717, 1.165) is 28.3 Å². The van der Waals surface area contributed by atoms with Crippen LogP contribution in [0.25, 0.3) is 0 Å². The van der Waals surface area contributed by atoms with Gasteiger partial charge in [-0.15, -0.1) is 0 Å². The summed E-state index contributed by atoms with van der Waals surface area (Å²) in [6.45, 7) is 7.16. The van der Waals surface area contributed by atoms with Gasteiger partial charge in [-0.05, 0) is 74.2 Å². The Labute approximate surface area is 163 Å². The molecule has 8 heteroatoms. The minimum Gasteiger partial charge on any atom is -0.454 e. The SMILES string of the molecule is Cc1cc(C(=O)COC(=O)c2cc(S(N)(=O)=O)ccc2Cl)c(C)c(C)c1C. The average molecular weight is 410 g/mol. The molecule has 0 aliphatic carbocycles. The van der Waals surface area contributed by atoms with Crippen LogP contribution in [0.15, 0.2) is 29.2 Å². The Kier molecular flexibility index (Phi) is 6.09. The Bertz CT molecular complexity index is 1040. The highest BCUT2D eigenvalue weighted by atomic mass is 35.5. The summed E-state index contributed by atoms with van der Waals surface area (Å²) in [4.78, 5) is 24.5. The van der Waals surface area contributed by atoms with E-state index in [1.807, 2.05) is 27.7 Å². The summed E-state index contributed by atoms with van der Waals surface area (Å²) in [5, 5.41) is 5.05. The minimum atomic E-state index is -4.00. The topological polar surface area (TPSA) is 104 Å². The number of esters is 1. The number of carbonyl (C=O) groups is 2. The molecule has 144 valence electrons. The summed E-state index contributed by atoms with van der Waals surface area (Å²) in [6.07, 6.45) is 0. The van der Waals surface area contributed by atoms with Crippen LogP contribution in [-0.4, -0.2) is 26.8 Å². The Morgan fingerprint density at radius 1 is 1.00 bits per heavy atom. The number of primary sulfonamides is 1. The van der Waals surface area contributed by atoms with E-state index in [1.54, 1.807) is 6.07 Å². The van der Waals surface area contributed by atoms with Gasteiger partial charge in [-0.1, -0.05) is 11.6 Å². The molecule has 2 N–H and O–H groups in total. The number of carbonyl (C=O) groups excluding carboxylic acids is 2. The molecule has 0 bridgehead atoms. The first-order valence-corrected chi connectivity index (χ1v) is 9.96. The summed E-state index contributed by atoms with van der Waals surface area (Å²) < 4.78 is 27.9. The smallest absolute Gasteiger partial charge is 0.340 e. The Hall–Kier alpha value is -2.22. The molecule has 2 rings (SSSR count). The van der Waals surface area contributed by atoms with Gasteiger partial charge in [0.15, 0.2) is 6.61 Å². The van der Waals surface area contributed by atoms with E-state index in [9.17, 15) is 18.0 Å². The lowest BCUT2D eigenvalue weighted by atomic mass is 9.93. The zero-order chi connectivity index (χ0) is 20.5. The fourth-order valence-electron chi connectivity index (χ4n) is 2.63. The molecule has 0 heterocycles. The van der Waals surface area contributed by atoms with Crippen LogP contribution in [-0.2, 0) is 14.8 Å². The van der Waals surface area contributed by atoms with E-state index in [1.165, 1.54) is 12.1 Å². The highest BCUT2D eigenvalue weighted by Crippen LogP contribution is 2.23. The maximum Gasteiger partial charge on any atom is 0.340 e. The lowest BCUT2D eigenvalue weighted by Crippen LogP contribution is -2.17. The zero-order valence-electron chi connectivity index (χ0n) is 15.4. The Morgan fingerprint density at radius 3 is 2.22 bits per heavy atom. The van der Waals surface area contributed by atoms with E-state index in [2.05, 4.69) is 0 Å². The maximum atomic E-state index is 12.5. The van der Waals surface area contributed by atoms with Gasteiger partial charge in [0, 0.05) is 5.56 Å². The molecule has 0 aromatic heterocycles. The van der Waals surface area contributed by atoms with E-state index >= 15 is 0 Å². The summed E-state index contributed by atoms with van der Waals surface area (Å²) >= 11 is 5.94. The molecule has 0 fully saturated rings. The van der Waals surface area contributed by atoms with Crippen molar-refractivity contribution < 1.29 is 22.7 Å². The third-order valence-electron chi connectivity index (χ3n) is 4.60. The number of sulfonamides is 1. The van der Waals surface area contributed by atoms with Crippen molar-refractivity contribution in [2.45, 2.75) is 32.6 Å². The molecule has 0 radical (unpaired) electrons. The standard InChI is InChI=1S/C19H20ClNO5S/c1-10-7-15(13(4)12(3)11(10)2)18(22)9-26-19(23)16-8-14(27(21,24)25)5-6-17(16)20/h5-8H,9H2,1-4H3,(H2,21,24,25). The van der Waals surface area contributed by atoms with Crippen molar-refractivity contribution in [1.29, 1.82) is 0 Å². The molecule has 2 aromatic rings. The number of hydrogen-bond donors (Lipinski definition) is 1. The first kappa shape index (κ1) is 21.1. The van der Waals surface area contributed by atoms with E-state index < -0.39 is 22.6 Å². The van der Waals surface area contributed by atoms with Crippen LogP contribution in [0.2, 0.25) is 5.02 Å². The van der Waals surface area contributed by atoms with E-state index in [-0.39, 0.29) is 21.3 Å². The molecule has 0 atom stereocenters. The molecule has 0 aliphatic heterocycles. The van der Waals surface area contributed by atoms with Crippen molar-refractivity contribution in [3.05, 3.63) is 62.7 Å². The molecule has 0 amide bonds. The van der Waals surface area contributed by atoms with E-state index in [0.29, 0.717) is 5.56 Å². The van der Waals surface area contributed by atoms with Gasteiger partial charge < -0.3 is 4.74 Å². The summed E-state index contributed by atoms with van der Waals surface area (Å²) in [5.41, 5.74) is 4.21. The Morgan fingerprint density at radius 2 is 1.63 bits per heavy atom. The van der Waals surface area contributed by atoms with Crippen LogP contribution in [0.3, 0.4) is 0 Å². The first-order chi connectivity index (χ1) is 12.4. The quantitative estimate of drug-likeness (QED) is 0.603. The van der Waals surface area contributed by atoms with Crippen molar-refractivity contribution in [1.82, 2.24) is 0 Å². The normalized spacial score (nSPS) is 11.3. The summed E-state index contributed by atoms with van der Waals surface area (Å²) in [6, 6.07) is 5.20. The van der Waals surface area contributed by atoms with Gasteiger partial charge in [0.1, 0.15) is 0 Å². The second-order valence-corrected chi connectivity index (χ2v) is 8.27. The van der Waals surface area contributed by atoms with Gasteiger partial charge in [-0.3, -0.25) is 4.79 Å². The monoisotopic (exact) mass is 409 g/mol. The number of benzene rings is 2. The van der Waals surface area contributed by atoms with E-state index in [4.69, 9.17) is 21.5 Å².